The highest BCUT2D eigenvalue weighted by atomic mass is 35.5. The van der Waals surface area contributed by atoms with Crippen LogP contribution in [0.3, 0.4) is 0 Å². The normalized spacial score (nSPS) is 13.8. The lowest BCUT2D eigenvalue weighted by Gasteiger charge is -2.13. The lowest BCUT2D eigenvalue weighted by molar-refractivity contribution is 0.0964. The highest BCUT2D eigenvalue weighted by molar-refractivity contribution is 6.33. The fraction of sp³-hybridized carbons (Fsp3) is 0.261. The first-order valence-electron chi connectivity index (χ1n) is 10.2. The van der Waals surface area contributed by atoms with Crippen molar-refractivity contribution in [2.75, 3.05) is 37.8 Å². The van der Waals surface area contributed by atoms with E-state index >= 15 is 0 Å². The number of nitrogens with zero attached hydrogens (tertiary/aromatic N) is 3. The number of benzene rings is 2. The molecule has 0 spiro atoms. The van der Waals surface area contributed by atoms with Crippen LogP contribution in [-0.2, 0) is 12.8 Å². The van der Waals surface area contributed by atoms with E-state index in [9.17, 15) is 4.79 Å². The number of amides is 1. The zero-order valence-electron chi connectivity index (χ0n) is 17.6. The van der Waals surface area contributed by atoms with Crippen LogP contribution in [0.4, 0.5) is 23.1 Å². The fourth-order valence-corrected chi connectivity index (χ4v) is 3.75. The van der Waals surface area contributed by atoms with Gasteiger partial charge in [0.25, 0.3) is 5.91 Å². The summed E-state index contributed by atoms with van der Waals surface area (Å²) in [7, 11) is 3.75. The van der Waals surface area contributed by atoms with Crippen molar-refractivity contribution in [3.8, 4) is 0 Å². The van der Waals surface area contributed by atoms with E-state index in [1.54, 1.807) is 31.4 Å². The van der Waals surface area contributed by atoms with Crippen molar-refractivity contribution in [2.24, 2.45) is 0 Å². The third-order valence-electron chi connectivity index (χ3n) is 5.38. The largest absolute Gasteiger partial charge is 0.355 e. The number of carbonyl (C=O) groups excluding carboxylic acids is 1. The molecule has 7 nitrogen and oxygen atoms in total. The molecular formula is C23H25ClN6O. The Morgan fingerprint density at radius 3 is 2.65 bits per heavy atom. The minimum Gasteiger partial charge on any atom is -0.355 e. The Bertz CT molecular complexity index is 1100. The molecule has 0 saturated heterocycles. The number of hydrogen-bond acceptors (Lipinski definition) is 6. The second-order valence-electron chi connectivity index (χ2n) is 7.55. The SMILES string of the molecule is CNC(=O)c1ccccc1Nc1nc(Nc2ccc3c(c2)CCN(C)CC3)ncc1Cl. The van der Waals surface area contributed by atoms with Gasteiger partial charge in [-0.15, -0.1) is 0 Å². The number of carbonyl (C=O) groups is 1. The van der Waals surface area contributed by atoms with Gasteiger partial charge in [-0.3, -0.25) is 4.79 Å². The van der Waals surface area contributed by atoms with Gasteiger partial charge < -0.3 is 20.9 Å². The molecule has 1 aliphatic rings. The molecule has 0 unspecified atom stereocenters. The smallest absolute Gasteiger partial charge is 0.253 e. The predicted molar refractivity (Wildman–Crippen MR) is 125 cm³/mol. The van der Waals surface area contributed by atoms with Crippen LogP contribution in [0.5, 0.6) is 0 Å². The number of para-hydroxylation sites is 1. The highest BCUT2D eigenvalue weighted by Crippen LogP contribution is 2.27. The van der Waals surface area contributed by atoms with Gasteiger partial charge in [-0.1, -0.05) is 29.8 Å². The molecular weight excluding hydrogens is 412 g/mol. The molecule has 0 atom stereocenters. The lowest BCUT2D eigenvalue weighted by Crippen LogP contribution is -2.20. The zero-order chi connectivity index (χ0) is 21.8. The quantitative estimate of drug-likeness (QED) is 0.560. The summed E-state index contributed by atoms with van der Waals surface area (Å²) in [6.07, 6.45) is 3.62. The van der Waals surface area contributed by atoms with Gasteiger partial charge in [0, 0.05) is 25.8 Å². The molecule has 4 rings (SSSR count). The van der Waals surface area contributed by atoms with E-state index in [1.165, 1.54) is 11.1 Å². The summed E-state index contributed by atoms with van der Waals surface area (Å²) < 4.78 is 0. The molecule has 2 heterocycles. The number of nitrogens with one attached hydrogen (secondary N) is 3. The predicted octanol–water partition coefficient (Wildman–Crippen LogP) is 4.01. The summed E-state index contributed by atoms with van der Waals surface area (Å²) in [6, 6.07) is 13.6. The summed E-state index contributed by atoms with van der Waals surface area (Å²) in [6.45, 7) is 2.12. The van der Waals surface area contributed by atoms with Crippen LogP contribution in [-0.4, -0.2) is 48.0 Å². The van der Waals surface area contributed by atoms with E-state index in [0.717, 1.165) is 31.6 Å². The monoisotopic (exact) mass is 436 g/mol. The Labute approximate surface area is 186 Å². The molecule has 0 radical (unpaired) electrons. The van der Waals surface area contributed by atoms with Crippen LogP contribution in [0.1, 0.15) is 21.5 Å². The average molecular weight is 437 g/mol. The summed E-state index contributed by atoms with van der Waals surface area (Å²) in [5.74, 6) is 0.657. The number of fused-ring (bicyclic) bond motifs is 1. The minimum atomic E-state index is -0.192. The van der Waals surface area contributed by atoms with Crippen molar-refractivity contribution in [2.45, 2.75) is 12.8 Å². The first-order valence-corrected chi connectivity index (χ1v) is 10.6. The number of hydrogen-bond donors (Lipinski definition) is 3. The number of rotatable bonds is 5. The van der Waals surface area contributed by atoms with Gasteiger partial charge in [-0.05, 0) is 55.3 Å². The molecule has 160 valence electrons. The van der Waals surface area contributed by atoms with Gasteiger partial charge >= 0.3 is 0 Å². The van der Waals surface area contributed by atoms with Crippen molar-refractivity contribution < 1.29 is 4.79 Å². The third-order valence-corrected chi connectivity index (χ3v) is 5.66. The van der Waals surface area contributed by atoms with Crippen LogP contribution >= 0.6 is 11.6 Å². The first-order chi connectivity index (χ1) is 15.0. The molecule has 2 aromatic carbocycles. The Morgan fingerprint density at radius 1 is 1.06 bits per heavy atom. The highest BCUT2D eigenvalue weighted by Gasteiger charge is 2.14. The number of likely N-dealkylation sites (N-methyl/N-ethyl adjacent to an activating group) is 1. The van der Waals surface area contributed by atoms with E-state index in [-0.39, 0.29) is 5.91 Å². The van der Waals surface area contributed by atoms with Crippen LogP contribution in [0, 0.1) is 0 Å². The van der Waals surface area contributed by atoms with E-state index in [0.29, 0.717) is 28.0 Å². The van der Waals surface area contributed by atoms with Crippen LogP contribution in [0.2, 0.25) is 5.02 Å². The lowest BCUT2D eigenvalue weighted by atomic mass is 10.0. The zero-order valence-corrected chi connectivity index (χ0v) is 18.3. The number of halogens is 1. The van der Waals surface area contributed by atoms with Gasteiger partial charge in [0.2, 0.25) is 5.95 Å². The topological polar surface area (TPSA) is 82.2 Å². The van der Waals surface area contributed by atoms with Crippen LogP contribution in [0.25, 0.3) is 0 Å². The maximum absolute atomic E-state index is 12.1. The summed E-state index contributed by atoms with van der Waals surface area (Å²) in [4.78, 5) is 23.3. The molecule has 0 aliphatic carbocycles. The molecule has 1 aliphatic heterocycles. The second kappa shape index (κ2) is 9.32. The molecule has 1 amide bonds. The molecule has 0 saturated carbocycles. The fourth-order valence-electron chi connectivity index (χ4n) is 3.61. The molecule has 31 heavy (non-hydrogen) atoms. The van der Waals surface area contributed by atoms with E-state index in [2.05, 4.69) is 56.1 Å². The Kier molecular flexibility index (Phi) is 6.34. The molecule has 1 aromatic heterocycles. The molecule has 3 aromatic rings. The Morgan fingerprint density at radius 2 is 1.84 bits per heavy atom. The van der Waals surface area contributed by atoms with Crippen molar-refractivity contribution in [3.05, 3.63) is 70.4 Å². The van der Waals surface area contributed by atoms with Gasteiger partial charge in [-0.2, -0.15) is 4.98 Å². The Hall–Kier alpha value is -3.16. The molecule has 0 bridgehead atoms. The maximum atomic E-state index is 12.1. The van der Waals surface area contributed by atoms with Gasteiger partial charge in [0.05, 0.1) is 17.4 Å². The number of aromatic nitrogens is 2. The Balaban J connectivity index is 1.56. The van der Waals surface area contributed by atoms with E-state index in [4.69, 9.17) is 11.6 Å². The summed E-state index contributed by atoms with van der Waals surface area (Å²) in [5, 5.41) is 9.43. The van der Waals surface area contributed by atoms with Crippen molar-refractivity contribution in [3.63, 3.8) is 0 Å². The third kappa shape index (κ3) is 4.95. The van der Waals surface area contributed by atoms with Crippen LogP contribution in [0.15, 0.2) is 48.7 Å². The van der Waals surface area contributed by atoms with Gasteiger partial charge in [0.15, 0.2) is 5.82 Å². The van der Waals surface area contributed by atoms with Crippen molar-refractivity contribution in [1.82, 2.24) is 20.2 Å². The molecule has 0 fully saturated rings. The second-order valence-corrected chi connectivity index (χ2v) is 7.96. The van der Waals surface area contributed by atoms with Gasteiger partial charge in [-0.25, -0.2) is 4.98 Å². The van der Waals surface area contributed by atoms with Crippen molar-refractivity contribution in [1.29, 1.82) is 0 Å². The van der Waals surface area contributed by atoms with Crippen molar-refractivity contribution >= 4 is 40.6 Å². The first kappa shape index (κ1) is 21.1. The van der Waals surface area contributed by atoms with Gasteiger partial charge in [0.1, 0.15) is 5.02 Å². The van der Waals surface area contributed by atoms with E-state index in [1.807, 2.05) is 6.07 Å². The molecule has 3 N–H and O–H groups in total. The minimum absolute atomic E-state index is 0.192. The van der Waals surface area contributed by atoms with E-state index < -0.39 is 0 Å². The average Bonchev–Trinajstić information content (AvgIpc) is 2.97. The molecule has 8 heteroatoms. The summed E-state index contributed by atoms with van der Waals surface area (Å²) >= 11 is 6.32. The standard InChI is InChI=1S/C23H25ClN6O/c1-25-22(31)18-5-3-4-6-20(18)28-21-19(24)14-26-23(29-21)27-17-8-7-15-9-11-30(2)12-10-16(15)13-17/h3-8,13-14H,9-12H2,1-2H3,(H,25,31)(H2,26,27,28,29). The maximum Gasteiger partial charge on any atom is 0.253 e. The summed E-state index contributed by atoms with van der Waals surface area (Å²) in [5.41, 5.74) is 4.79. The number of anilines is 4. The van der Waals surface area contributed by atoms with Crippen LogP contribution < -0.4 is 16.0 Å².